The van der Waals surface area contributed by atoms with Crippen LogP contribution < -0.4 is 0 Å². The monoisotopic (exact) mass is 361 g/mol. The molecule has 3 aromatic rings. The molecule has 24 heavy (non-hydrogen) atoms. The summed E-state index contributed by atoms with van der Waals surface area (Å²) in [6, 6.07) is 14.6. The molecule has 6 heteroatoms. The molecule has 0 aliphatic rings. The number of benzene rings is 2. The number of rotatable bonds is 4. The number of esters is 1. The summed E-state index contributed by atoms with van der Waals surface area (Å²) < 4.78 is 6.84. The SMILES string of the molecule is CCOC(=O)c1cn(-c2ccc(Cl)cc2)[13c](-c2ccccc2Cl)n1. The molecule has 122 valence electrons. The summed E-state index contributed by atoms with van der Waals surface area (Å²) in [6.07, 6.45) is 1.64. The average Bonchev–Trinajstić information content (AvgIpc) is 3.01. The summed E-state index contributed by atoms with van der Waals surface area (Å²) in [5.41, 5.74) is 1.77. The van der Waals surface area contributed by atoms with Crippen molar-refractivity contribution in [3.05, 3.63) is 70.5 Å². The van der Waals surface area contributed by atoms with E-state index in [1.54, 1.807) is 35.9 Å². The number of halogens is 2. The summed E-state index contributed by atoms with van der Waals surface area (Å²) in [7, 11) is 0. The third kappa shape index (κ3) is 3.30. The van der Waals surface area contributed by atoms with E-state index in [4.69, 9.17) is 27.9 Å². The van der Waals surface area contributed by atoms with Gasteiger partial charge in [0.15, 0.2) is 5.69 Å². The van der Waals surface area contributed by atoms with E-state index in [1.165, 1.54) is 0 Å². The van der Waals surface area contributed by atoms with Gasteiger partial charge in [-0.3, -0.25) is 4.57 Å². The number of imidazole rings is 1. The molecule has 3 rings (SSSR count). The fraction of sp³-hybridized carbons (Fsp3) is 0.111. The minimum absolute atomic E-state index is 0.224. The van der Waals surface area contributed by atoms with Gasteiger partial charge in [0.05, 0.1) is 11.6 Å². The van der Waals surface area contributed by atoms with Crippen molar-refractivity contribution in [1.82, 2.24) is 9.55 Å². The molecule has 1 aromatic heterocycles. The van der Waals surface area contributed by atoms with Crippen LogP contribution in [0.15, 0.2) is 54.7 Å². The first-order valence-electron chi connectivity index (χ1n) is 7.37. The molecular weight excluding hydrogens is 348 g/mol. The Morgan fingerprint density at radius 2 is 1.83 bits per heavy atom. The Morgan fingerprint density at radius 3 is 2.50 bits per heavy atom. The summed E-state index contributed by atoms with van der Waals surface area (Å²) in [4.78, 5) is 16.5. The highest BCUT2D eigenvalue weighted by Gasteiger charge is 2.19. The van der Waals surface area contributed by atoms with E-state index in [0.29, 0.717) is 15.9 Å². The lowest BCUT2D eigenvalue weighted by Gasteiger charge is -2.09. The van der Waals surface area contributed by atoms with Crippen LogP contribution in [0.5, 0.6) is 0 Å². The van der Waals surface area contributed by atoms with Gasteiger partial charge >= 0.3 is 5.97 Å². The zero-order valence-corrected chi connectivity index (χ0v) is 14.4. The number of hydrogen-bond acceptors (Lipinski definition) is 3. The molecule has 0 bridgehead atoms. The van der Waals surface area contributed by atoms with Crippen molar-refractivity contribution in [2.45, 2.75) is 6.92 Å². The number of ether oxygens (including phenoxy) is 1. The van der Waals surface area contributed by atoms with Crippen LogP contribution in [-0.2, 0) is 4.74 Å². The van der Waals surface area contributed by atoms with Crippen molar-refractivity contribution in [1.29, 1.82) is 0 Å². The molecule has 0 atom stereocenters. The number of carbonyl (C=O) groups is 1. The fourth-order valence-electron chi connectivity index (χ4n) is 2.31. The first kappa shape index (κ1) is 16.6. The Morgan fingerprint density at radius 1 is 1.12 bits per heavy atom. The summed E-state index contributed by atoms with van der Waals surface area (Å²) >= 11 is 12.3. The average molecular weight is 362 g/mol. The predicted octanol–water partition coefficient (Wildman–Crippen LogP) is 5.02. The lowest BCUT2D eigenvalue weighted by atomic mass is 10.3. The maximum absolute atomic E-state index is 12.1. The maximum Gasteiger partial charge on any atom is 0.358 e. The predicted molar refractivity (Wildman–Crippen MR) is 95.0 cm³/mol. The topological polar surface area (TPSA) is 44.1 Å². The number of nitrogens with zero attached hydrogens (tertiary/aromatic N) is 2. The highest BCUT2D eigenvalue weighted by atomic mass is 35.5. The van der Waals surface area contributed by atoms with Crippen molar-refractivity contribution in [2.24, 2.45) is 0 Å². The molecule has 0 saturated heterocycles. The third-order valence-electron chi connectivity index (χ3n) is 3.41. The Balaban J connectivity index is 2.17. The van der Waals surface area contributed by atoms with E-state index in [0.717, 1.165) is 11.3 Å². The summed E-state index contributed by atoms with van der Waals surface area (Å²) in [6.45, 7) is 2.04. The van der Waals surface area contributed by atoms with E-state index in [2.05, 4.69) is 4.98 Å². The van der Waals surface area contributed by atoms with Gasteiger partial charge in [0.2, 0.25) is 0 Å². The third-order valence-corrected chi connectivity index (χ3v) is 3.99. The van der Waals surface area contributed by atoms with Crippen LogP contribution in [0.2, 0.25) is 10.0 Å². The van der Waals surface area contributed by atoms with Gasteiger partial charge in [0.25, 0.3) is 0 Å². The van der Waals surface area contributed by atoms with Crippen LogP contribution in [0.3, 0.4) is 0 Å². The molecule has 0 saturated carbocycles. The largest absolute Gasteiger partial charge is 0.461 e. The molecule has 0 fully saturated rings. The highest BCUT2D eigenvalue weighted by Crippen LogP contribution is 2.29. The first-order chi connectivity index (χ1) is 11.6. The Kier molecular flexibility index (Phi) is 4.88. The van der Waals surface area contributed by atoms with E-state index in [1.807, 2.05) is 30.3 Å². The molecule has 1 heterocycles. The van der Waals surface area contributed by atoms with Gasteiger partial charge in [0, 0.05) is 22.5 Å². The Labute approximate surface area is 149 Å². The van der Waals surface area contributed by atoms with Crippen LogP contribution in [-0.4, -0.2) is 22.1 Å². The lowest BCUT2D eigenvalue weighted by Crippen LogP contribution is -2.04. The van der Waals surface area contributed by atoms with Crippen molar-refractivity contribution < 1.29 is 9.53 Å². The first-order valence-corrected chi connectivity index (χ1v) is 8.13. The molecule has 2 aromatic carbocycles. The van der Waals surface area contributed by atoms with Gasteiger partial charge in [-0.15, -0.1) is 0 Å². The van der Waals surface area contributed by atoms with Crippen molar-refractivity contribution in [3.63, 3.8) is 0 Å². The minimum Gasteiger partial charge on any atom is -0.461 e. The van der Waals surface area contributed by atoms with E-state index in [9.17, 15) is 4.79 Å². The van der Waals surface area contributed by atoms with Gasteiger partial charge in [-0.1, -0.05) is 35.3 Å². The normalized spacial score (nSPS) is 10.6. The zero-order valence-electron chi connectivity index (χ0n) is 12.9. The number of carbonyl (C=O) groups excluding carboxylic acids is 1. The van der Waals surface area contributed by atoms with Crippen molar-refractivity contribution >= 4 is 29.2 Å². The van der Waals surface area contributed by atoms with Crippen molar-refractivity contribution in [2.75, 3.05) is 6.61 Å². The molecule has 0 amide bonds. The second kappa shape index (κ2) is 7.07. The standard InChI is InChI=1S/C18H14Cl2N2O2/c1-2-24-18(23)16-11-22(13-9-7-12(19)8-10-13)17(21-16)14-5-3-4-6-15(14)20/h3-11H,2H2,1H3/i17+1. The quantitative estimate of drug-likeness (QED) is 0.612. The smallest absolute Gasteiger partial charge is 0.358 e. The fourth-order valence-corrected chi connectivity index (χ4v) is 2.66. The van der Waals surface area contributed by atoms with Gasteiger partial charge in [-0.25, -0.2) is 9.78 Å². The lowest BCUT2D eigenvalue weighted by molar-refractivity contribution is 0.0520. The van der Waals surface area contributed by atoms with E-state index >= 15 is 0 Å². The Hall–Kier alpha value is -2.30. The van der Waals surface area contributed by atoms with E-state index in [-0.39, 0.29) is 12.3 Å². The molecular formula is C18H14Cl2N2O2. The van der Waals surface area contributed by atoms with Crippen molar-refractivity contribution in [3.8, 4) is 17.1 Å². The Bertz CT molecular complexity index is 873. The van der Waals surface area contributed by atoms with Crippen LogP contribution in [0.25, 0.3) is 17.1 Å². The van der Waals surface area contributed by atoms with Crippen LogP contribution in [0, 0.1) is 0 Å². The van der Waals surface area contributed by atoms with Gasteiger partial charge < -0.3 is 4.74 Å². The molecule has 0 unspecified atom stereocenters. The van der Waals surface area contributed by atoms with Gasteiger partial charge in [-0.05, 0) is 43.3 Å². The molecule has 0 aliphatic carbocycles. The van der Waals surface area contributed by atoms with Crippen LogP contribution in [0.1, 0.15) is 17.4 Å². The van der Waals surface area contributed by atoms with Crippen LogP contribution >= 0.6 is 23.2 Å². The molecule has 0 spiro atoms. The van der Waals surface area contributed by atoms with Gasteiger partial charge in [-0.2, -0.15) is 0 Å². The maximum atomic E-state index is 12.1. The summed E-state index contributed by atoms with van der Waals surface area (Å²) in [5.74, 6) is 0.0875. The number of hydrogen-bond donors (Lipinski definition) is 0. The van der Waals surface area contributed by atoms with Gasteiger partial charge in [0.1, 0.15) is 5.82 Å². The molecule has 0 radical (unpaired) electrons. The molecule has 0 aliphatic heterocycles. The molecule has 0 N–H and O–H groups in total. The van der Waals surface area contributed by atoms with Crippen LogP contribution in [0.4, 0.5) is 0 Å². The molecule has 4 nitrogen and oxygen atoms in total. The van der Waals surface area contributed by atoms with E-state index < -0.39 is 5.97 Å². The number of aromatic nitrogens is 2. The summed E-state index contributed by atoms with van der Waals surface area (Å²) in [5, 5.41) is 1.18. The minimum atomic E-state index is -0.474. The second-order valence-electron chi connectivity index (χ2n) is 5.00. The zero-order chi connectivity index (χ0) is 17.1. The highest BCUT2D eigenvalue weighted by molar-refractivity contribution is 6.33. The second-order valence-corrected chi connectivity index (χ2v) is 5.84.